The van der Waals surface area contributed by atoms with Crippen molar-refractivity contribution in [1.29, 1.82) is 0 Å². The van der Waals surface area contributed by atoms with Crippen LogP contribution in [0.2, 0.25) is 0 Å². The van der Waals surface area contributed by atoms with E-state index in [-0.39, 0.29) is 12.4 Å². The Morgan fingerprint density at radius 1 is 1.44 bits per heavy atom. The van der Waals surface area contributed by atoms with Crippen LogP contribution in [-0.2, 0) is 4.79 Å². The van der Waals surface area contributed by atoms with Gasteiger partial charge in [0.05, 0.1) is 5.92 Å². The van der Waals surface area contributed by atoms with Crippen LogP contribution in [0.25, 0.3) is 0 Å². The SMILES string of the molecule is CC1(C)C(C=C(Cl)C(F)(F)F)C1C(=O)O.Cl. The fourth-order valence-corrected chi connectivity index (χ4v) is 1.85. The van der Waals surface area contributed by atoms with Crippen LogP contribution in [0.4, 0.5) is 13.2 Å². The van der Waals surface area contributed by atoms with Crippen molar-refractivity contribution in [2.45, 2.75) is 20.0 Å². The van der Waals surface area contributed by atoms with Gasteiger partial charge in [0.25, 0.3) is 0 Å². The molecule has 0 bridgehead atoms. The molecule has 1 aliphatic carbocycles. The Morgan fingerprint density at radius 3 is 2.12 bits per heavy atom. The number of hydrogen-bond donors (Lipinski definition) is 1. The molecule has 0 amide bonds. The number of allylic oxidation sites excluding steroid dienone is 2. The molecule has 2 unspecified atom stereocenters. The van der Waals surface area contributed by atoms with E-state index in [1.165, 1.54) is 0 Å². The van der Waals surface area contributed by atoms with E-state index < -0.39 is 34.4 Å². The molecule has 1 rings (SSSR count). The zero-order valence-electron chi connectivity index (χ0n) is 8.51. The van der Waals surface area contributed by atoms with Crippen LogP contribution in [0.5, 0.6) is 0 Å². The van der Waals surface area contributed by atoms with Crippen molar-refractivity contribution in [3.8, 4) is 0 Å². The number of rotatable bonds is 2. The Kier molecular flexibility index (Phi) is 4.33. The van der Waals surface area contributed by atoms with Crippen molar-refractivity contribution in [3.05, 3.63) is 11.1 Å². The largest absolute Gasteiger partial charge is 0.481 e. The molecule has 0 saturated heterocycles. The normalized spacial score (nSPS) is 28.2. The highest BCUT2D eigenvalue weighted by atomic mass is 35.5. The molecule has 1 saturated carbocycles. The summed E-state index contributed by atoms with van der Waals surface area (Å²) in [6.07, 6.45) is -3.80. The Hall–Kier alpha value is -0.420. The molecule has 0 spiro atoms. The quantitative estimate of drug-likeness (QED) is 0.840. The van der Waals surface area contributed by atoms with Gasteiger partial charge in [-0.15, -0.1) is 12.4 Å². The van der Waals surface area contributed by atoms with Crippen molar-refractivity contribution in [2.24, 2.45) is 17.3 Å². The highest BCUT2D eigenvalue weighted by Gasteiger charge is 2.61. The first-order valence-corrected chi connectivity index (χ1v) is 4.63. The molecule has 1 fully saturated rings. The Bertz CT molecular complexity index is 323. The average molecular weight is 279 g/mol. The van der Waals surface area contributed by atoms with Gasteiger partial charge in [-0.25, -0.2) is 0 Å². The highest BCUT2D eigenvalue weighted by molar-refractivity contribution is 6.30. The van der Waals surface area contributed by atoms with E-state index in [4.69, 9.17) is 16.7 Å². The standard InChI is InChI=1S/C9H10ClF3O2.ClH/c1-8(2)4(6(8)7(14)15)3-5(10)9(11,12)13;/h3-4,6H,1-2H3,(H,14,15);1H. The average Bonchev–Trinajstić information content (AvgIpc) is 2.50. The maximum Gasteiger partial charge on any atom is 0.426 e. The fraction of sp³-hybridized carbons (Fsp3) is 0.667. The summed E-state index contributed by atoms with van der Waals surface area (Å²) >= 11 is 5.03. The molecule has 0 heterocycles. The van der Waals surface area contributed by atoms with Gasteiger partial charge in [0.2, 0.25) is 0 Å². The zero-order valence-corrected chi connectivity index (χ0v) is 10.1. The monoisotopic (exact) mass is 278 g/mol. The lowest BCUT2D eigenvalue weighted by Crippen LogP contribution is -2.07. The Labute approximate surface area is 102 Å². The van der Waals surface area contributed by atoms with E-state index in [9.17, 15) is 18.0 Å². The molecule has 0 aromatic heterocycles. The smallest absolute Gasteiger partial charge is 0.426 e. The first kappa shape index (κ1) is 15.6. The van der Waals surface area contributed by atoms with E-state index in [1.807, 2.05) is 0 Å². The maximum absolute atomic E-state index is 12.1. The maximum atomic E-state index is 12.1. The molecule has 0 aromatic rings. The number of carboxylic acid groups (broad SMARTS) is 1. The predicted octanol–water partition coefficient (Wildman–Crippen LogP) is 3.45. The zero-order chi connectivity index (χ0) is 12.0. The third-order valence-corrected chi connectivity index (χ3v) is 3.11. The van der Waals surface area contributed by atoms with E-state index in [0.717, 1.165) is 6.08 Å². The lowest BCUT2D eigenvalue weighted by atomic mass is 10.1. The Morgan fingerprint density at radius 2 is 1.88 bits per heavy atom. The number of alkyl halides is 3. The lowest BCUT2D eigenvalue weighted by molar-refractivity contribution is -0.139. The minimum absolute atomic E-state index is 0. The van der Waals surface area contributed by atoms with Gasteiger partial charge in [-0.1, -0.05) is 31.5 Å². The van der Waals surface area contributed by atoms with Gasteiger partial charge in [0.15, 0.2) is 0 Å². The second-order valence-corrected chi connectivity index (χ2v) is 4.58. The summed E-state index contributed by atoms with van der Waals surface area (Å²) < 4.78 is 36.2. The molecular formula is C9H11Cl2F3O2. The second-order valence-electron chi connectivity index (χ2n) is 4.18. The van der Waals surface area contributed by atoms with Crippen molar-refractivity contribution >= 4 is 30.0 Å². The topological polar surface area (TPSA) is 37.3 Å². The number of hydrogen-bond acceptors (Lipinski definition) is 1. The Balaban J connectivity index is 0.00000225. The van der Waals surface area contributed by atoms with Crippen LogP contribution < -0.4 is 0 Å². The molecule has 0 aliphatic heterocycles. The first-order chi connectivity index (χ1) is 6.58. The summed E-state index contributed by atoms with van der Waals surface area (Å²) in [7, 11) is 0. The van der Waals surface area contributed by atoms with Crippen LogP contribution in [0, 0.1) is 17.3 Å². The van der Waals surface area contributed by atoms with Gasteiger partial charge in [-0.3, -0.25) is 4.79 Å². The molecule has 0 aromatic carbocycles. The van der Waals surface area contributed by atoms with E-state index in [1.54, 1.807) is 13.8 Å². The molecule has 0 radical (unpaired) electrons. The molecule has 16 heavy (non-hydrogen) atoms. The van der Waals surface area contributed by atoms with Crippen molar-refractivity contribution < 1.29 is 23.1 Å². The third kappa shape index (κ3) is 2.83. The fourth-order valence-electron chi connectivity index (χ4n) is 1.71. The number of carboxylic acids is 1. The summed E-state index contributed by atoms with van der Waals surface area (Å²) in [5.74, 6) is -2.52. The summed E-state index contributed by atoms with van der Waals surface area (Å²) in [4.78, 5) is 10.7. The number of carbonyl (C=O) groups is 1. The summed E-state index contributed by atoms with van der Waals surface area (Å²) in [6.45, 7) is 3.21. The van der Waals surface area contributed by atoms with Gasteiger partial charge in [-0.2, -0.15) is 13.2 Å². The molecule has 2 atom stereocenters. The molecule has 1 N–H and O–H groups in total. The highest BCUT2D eigenvalue weighted by Crippen LogP contribution is 2.60. The van der Waals surface area contributed by atoms with E-state index >= 15 is 0 Å². The third-order valence-electron chi connectivity index (χ3n) is 2.77. The van der Waals surface area contributed by atoms with Crippen LogP contribution >= 0.6 is 24.0 Å². The first-order valence-electron chi connectivity index (χ1n) is 4.26. The second kappa shape index (κ2) is 4.45. The van der Waals surface area contributed by atoms with Crippen LogP contribution in [-0.4, -0.2) is 17.3 Å². The van der Waals surface area contributed by atoms with Crippen molar-refractivity contribution in [1.82, 2.24) is 0 Å². The number of halogens is 5. The summed E-state index contributed by atoms with van der Waals surface area (Å²) in [5, 5.41) is 7.48. The van der Waals surface area contributed by atoms with Crippen LogP contribution in [0.1, 0.15) is 13.8 Å². The molecular weight excluding hydrogens is 268 g/mol. The van der Waals surface area contributed by atoms with Gasteiger partial charge in [-0.05, 0) is 11.3 Å². The minimum Gasteiger partial charge on any atom is -0.481 e. The van der Waals surface area contributed by atoms with E-state index in [2.05, 4.69) is 0 Å². The lowest BCUT2D eigenvalue weighted by Gasteiger charge is -2.04. The summed E-state index contributed by atoms with van der Waals surface area (Å²) in [6, 6.07) is 0. The van der Waals surface area contributed by atoms with Crippen LogP contribution in [0.3, 0.4) is 0 Å². The molecule has 7 heteroatoms. The minimum atomic E-state index is -4.59. The summed E-state index contributed by atoms with van der Waals surface area (Å²) in [5.41, 5.74) is -0.656. The van der Waals surface area contributed by atoms with E-state index in [0.29, 0.717) is 0 Å². The van der Waals surface area contributed by atoms with Crippen molar-refractivity contribution in [3.63, 3.8) is 0 Å². The molecule has 2 nitrogen and oxygen atoms in total. The van der Waals surface area contributed by atoms with Crippen molar-refractivity contribution in [2.75, 3.05) is 0 Å². The molecule has 94 valence electrons. The van der Waals surface area contributed by atoms with Gasteiger partial charge in [0, 0.05) is 0 Å². The number of aliphatic carboxylic acids is 1. The van der Waals surface area contributed by atoms with Gasteiger partial charge >= 0.3 is 12.1 Å². The van der Waals surface area contributed by atoms with Crippen LogP contribution in [0.15, 0.2) is 11.1 Å². The molecule has 1 aliphatic rings. The predicted molar refractivity (Wildman–Crippen MR) is 55.6 cm³/mol. The van der Waals surface area contributed by atoms with Gasteiger partial charge < -0.3 is 5.11 Å². The van der Waals surface area contributed by atoms with Gasteiger partial charge in [0.1, 0.15) is 5.03 Å².